The molecule has 0 saturated carbocycles. The van der Waals surface area contributed by atoms with Crippen molar-refractivity contribution in [3.05, 3.63) is 207 Å². The van der Waals surface area contributed by atoms with Crippen LogP contribution in [0.5, 0.6) is 11.5 Å². The van der Waals surface area contributed by atoms with Gasteiger partial charge in [0.2, 0.25) is 0 Å². The molecule has 0 saturated heterocycles. The molecule has 0 amide bonds. The summed E-state index contributed by atoms with van der Waals surface area (Å²) in [5, 5.41) is 2.08. The van der Waals surface area contributed by atoms with Crippen LogP contribution in [0.15, 0.2) is 207 Å². The third kappa shape index (κ3) is 5.54. The van der Waals surface area contributed by atoms with Crippen molar-refractivity contribution >= 4 is 60.9 Å². The van der Waals surface area contributed by atoms with Gasteiger partial charge in [-0.25, -0.2) is 15.0 Å². The van der Waals surface area contributed by atoms with Gasteiger partial charge in [0.05, 0.1) is 61.5 Å². The molecule has 13 rings (SSSR count). The summed E-state index contributed by atoms with van der Waals surface area (Å²) >= 11 is 0. The van der Waals surface area contributed by atoms with E-state index in [0.717, 1.165) is 100 Å². The van der Waals surface area contributed by atoms with E-state index in [0.29, 0.717) is 17.5 Å². The molecular formula is C55H34N8O. The fraction of sp³-hybridized carbons (Fsp3) is 0. The Morgan fingerprint density at radius 3 is 1.25 bits per heavy atom. The molecule has 9 heteroatoms. The van der Waals surface area contributed by atoms with Crippen molar-refractivity contribution in [2.75, 3.05) is 4.90 Å². The van der Waals surface area contributed by atoms with Gasteiger partial charge in [0.1, 0.15) is 0 Å². The zero-order chi connectivity index (χ0) is 42.1. The summed E-state index contributed by atoms with van der Waals surface area (Å²) in [4.78, 5) is 28.0. The third-order valence-corrected chi connectivity index (χ3v) is 12.0. The van der Waals surface area contributed by atoms with Gasteiger partial charge in [-0.2, -0.15) is 0 Å². The van der Waals surface area contributed by atoms with Crippen molar-refractivity contribution < 1.29 is 4.74 Å². The van der Waals surface area contributed by atoms with Crippen LogP contribution in [0.4, 0.5) is 17.1 Å². The van der Waals surface area contributed by atoms with E-state index < -0.39 is 0 Å². The Hall–Kier alpha value is -8.95. The van der Waals surface area contributed by atoms with Gasteiger partial charge in [0, 0.05) is 39.9 Å². The monoisotopic (exact) mass is 822 g/mol. The van der Waals surface area contributed by atoms with Gasteiger partial charge in [0.25, 0.3) is 0 Å². The molecule has 1 aliphatic rings. The van der Waals surface area contributed by atoms with Crippen molar-refractivity contribution in [2.24, 2.45) is 0 Å². The third-order valence-electron chi connectivity index (χ3n) is 12.0. The maximum absolute atomic E-state index is 6.67. The van der Waals surface area contributed by atoms with Crippen LogP contribution in [0.25, 0.3) is 89.4 Å². The highest BCUT2D eigenvalue weighted by Crippen LogP contribution is 2.55. The number of para-hydroxylation sites is 6. The summed E-state index contributed by atoms with van der Waals surface area (Å²) in [6.45, 7) is 0. The molecular weight excluding hydrogens is 789 g/mol. The zero-order valence-electron chi connectivity index (χ0n) is 34.1. The van der Waals surface area contributed by atoms with Crippen LogP contribution in [-0.2, 0) is 0 Å². The van der Waals surface area contributed by atoms with E-state index in [-0.39, 0.29) is 0 Å². The molecule has 9 nitrogen and oxygen atoms in total. The number of hydrogen-bond donors (Lipinski definition) is 0. The number of rotatable bonds is 6. The number of hydrogen-bond acceptors (Lipinski definition) is 7. The summed E-state index contributed by atoms with van der Waals surface area (Å²) in [5.41, 5.74) is 12.8. The first-order valence-electron chi connectivity index (χ1n) is 21.2. The molecule has 0 bridgehead atoms. The molecule has 300 valence electrons. The molecule has 0 N–H and O–H groups in total. The van der Waals surface area contributed by atoms with Crippen LogP contribution in [0, 0.1) is 0 Å². The Labute approximate surface area is 366 Å². The smallest absolute Gasteiger partial charge is 0.164 e. The first-order chi connectivity index (χ1) is 31.8. The van der Waals surface area contributed by atoms with E-state index in [9.17, 15) is 0 Å². The van der Waals surface area contributed by atoms with E-state index in [1.807, 2.05) is 109 Å². The molecule has 6 heterocycles. The minimum Gasteiger partial charge on any atom is -0.453 e. The molecule has 0 radical (unpaired) electrons. The second kappa shape index (κ2) is 14.3. The lowest BCUT2D eigenvalue weighted by atomic mass is 10.0. The van der Waals surface area contributed by atoms with Crippen molar-refractivity contribution in [3.63, 3.8) is 0 Å². The van der Waals surface area contributed by atoms with Crippen molar-refractivity contribution in [2.45, 2.75) is 0 Å². The quantitative estimate of drug-likeness (QED) is 0.165. The van der Waals surface area contributed by atoms with Gasteiger partial charge in [-0.3, -0.25) is 14.9 Å². The first kappa shape index (κ1) is 35.8. The number of aromatic nitrogens is 7. The Morgan fingerprint density at radius 2 is 0.750 bits per heavy atom. The van der Waals surface area contributed by atoms with Crippen molar-refractivity contribution in [1.29, 1.82) is 0 Å². The predicted octanol–water partition coefficient (Wildman–Crippen LogP) is 13.4. The van der Waals surface area contributed by atoms with Gasteiger partial charge in [0.15, 0.2) is 29.0 Å². The van der Waals surface area contributed by atoms with Crippen LogP contribution in [0.3, 0.4) is 0 Å². The van der Waals surface area contributed by atoms with E-state index in [2.05, 4.69) is 111 Å². The Bertz CT molecular complexity index is 3440. The standard InChI is InChI=1S/C55H34N8O/c1-3-17-35(18-4-1)53-58-54(36-19-5-2-6-20-36)60-55(59-53)37-33-46(61-40-23-9-7-21-38(40)50-44(61)27-15-31-56-50)52(63-42-25-11-13-29-48(42)64-49-30-14-12-26-43(49)63)47(34-37)62-41-24-10-8-22-39(41)51-45(62)28-16-32-57-51/h1-34H. The topological polar surface area (TPSA) is 86.8 Å². The summed E-state index contributed by atoms with van der Waals surface area (Å²) in [6, 6.07) is 66.4. The average molecular weight is 823 g/mol. The summed E-state index contributed by atoms with van der Waals surface area (Å²) < 4.78 is 11.3. The lowest BCUT2D eigenvalue weighted by molar-refractivity contribution is 0.477. The minimum absolute atomic E-state index is 0.530. The van der Waals surface area contributed by atoms with E-state index in [4.69, 9.17) is 29.7 Å². The van der Waals surface area contributed by atoms with E-state index >= 15 is 0 Å². The molecule has 0 fully saturated rings. The fourth-order valence-electron chi connectivity index (χ4n) is 9.27. The average Bonchev–Trinajstić information content (AvgIpc) is 3.89. The van der Waals surface area contributed by atoms with Crippen molar-refractivity contribution in [3.8, 4) is 57.0 Å². The van der Waals surface area contributed by atoms with Gasteiger partial charge in [-0.15, -0.1) is 0 Å². The summed E-state index contributed by atoms with van der Waals surface area (Å²) in [6.07, 6.45) is 3.73. The second-order valence-electron chi connectivity index (χ2n) is 15.7. The van der Waals surface area contributed by atoms with E-state index in [1.54, 1.807) is 0 Å². The lowest BCUT2D eigenvalue weighted by Gasteiger charge is -2.36. The predicted molar refractivity (Wildman–Crippen MR) is 255 cm³/mol. The molecule has 0 atom stereocenters. The van der Waals surface area contributed by atoms with Gasteiger partial charge < -0.3 is 13.9 Å². The van der Waals surface area contributed by atoms with E-state index in [1.165, 1.54) is 0 Å². The summed E-state index contributed by atoms with van der Waals surface area (Å²) in [7, 11) is 0. The van der Waals surface area contributed by atoms with Crippen LogP contribution in [0.2, 0.25) is 0 Å². The molecule has 7 aromatic carbocycles. The highest BCUT2D eigenvalue weighted by Gasteiger charge is 2.33. The lowest BCUT2D eigenvalue weighted by Crippen LogP contribution is -2.20. The number of anilines is 3. The summed E-state index contributed by atoms with van der Waals surface area (Å²) in [5.74, 6) is 3.17. The first-order valence-corrected chi connectivity index (χ1v) is 21.2. The number of ether oxygens (including phenoxy) is 1. The Morgan fingerprint density at radius 1 is 0.344 bits per heavy atom. The molecule has 0 unspecified atom stereocenters. The maximum Gasteiger partial charge on any atom is 0.164 e. The van der Waals surface area contributed by atoms with Gasteiger partial charge in [-0.1, -0.05) is 121 Å². The Kier molecular flexibility index (Phi) is 8.01. The number of benzene rings is 7. The van der Waals surface area contributed by atoms with Crippen LogP contribution in [-0.4, -0.2) is 34.1 Å². The van der Waals surface area contributed by atoms with Crippen LogP contribution >= 0.6 is 0 Å². The highest BCUT2D eigenvalue weighted by molar-refractivity contribution is 6.11. The van der Waals surface area contributed by atoms with Gasteiger partial charge in [-0.05, 0) is 72.8 Å². The maximum atomic E-state index is 6.67. The zero-order valence-corrected chi connectivity index (χ0v) is 34.1. The minimum atomic E-state index is 0.530. The molecule has 64 heavy (non-hydrogen) atoms. The normalized spacial score (nSPS) is 12.2. The van der Waals surface area contributed by atoms with Gasteiger partial charge >= 0.3 is 0 Å². The largest absolute Gasteiger partial charge is 0.453 e. The fourth-order valence-corrected chi connectivity index (χ4v) is 9.27. The molecule has 12 aromatic rings. The number of pyridine rings is 2. The molecule has 0 spiro atoms. The Balaban J connectivity index is 1.24. The SMILES string of the molecule is c1ccc(-c2nc(-c3ccccc3)nc(-c3cc(-n4c5ccccc5c5ncccc54)c(N4c5ccccc5Oc5ccccc54)c(-n4c5ccccc5c5ncccc54)c3)n2)cc1. The highest BCUT2D eigenvalue weighted by atomic mass is 16.5. The van der Waals surface area contributed by atoms with Crippen molar-refractivity contribution in [1.82, 2.24) is 34.1 Å². The molecule has 0 aliphatic carbocycles. The number of nitrogens with zero attached hydrogens (tertiary/aromatic N) is 8. The molecule has 1 aliphatic heterocycles. The van der Waals surface area contributed by atoms with Crippen LogP contribution in [0.1, 0.15) is 0 Å². The second-order valence-corrected chi connectivity index (χ2v) is 15.7. The molecule has 5 aromatic heterocycles. The number of fused-ring (bicyclic) bond motifs is 8. The van der Waals surface area contributed by atoms with Crippen LogP contribution < -0.4 is 9.64 Å².